The number of nitrogens with two attached hydrogens (primary N) is 1. The topological polar surface area (TPSA) is 96.0 Å². The number of allylic oxidation sites excluding steroid dienone is 5. The van der Waals surface area contributed by atoms with Crippen LogP contribution in [0.1, 0.15) is 38.5 Å². The van der Waals surface area contributed by atoms with Crippen LogP contribution in [0.3, 0.4) is 0 Å². The predicted octanol–water partition coefficient (Wildman–Crippen LogP) is 2.52. The van der Waals surface area contributed by atoms with Crippen molar-refractivity contribution >= 4 is 23.5 Å². The van der Waals surface area contributed by atoms with Crippen LogP contribution in [-0.4, -0.2) is 17.4 Å². The number of Topliss-reactive ketones (excluding diaryl/α,β-unsaturated/α-hetero) is 1. The molecule has 0 spiro atoms. The molecule has 1 heterocycles. The van der Waals surface area contributed by atoms with Gasteiger partial charge in [-0.15, -0.1) is 0 Å². The number of primary amides is 1. The van der Waals surface area contributed by atoms with E-state index in [1.807, 2.05) is 0 Å². The Morgan fingerprint density at radius 1 is 1.42 bits per heavy atom. The van der Waals surface area contributed by atoms with Crippen molar-refractivity contribution in [2.75, 3.05) is 5.75 Å². The Bertz CT molecular complexity index is 700. The second-order valence-corrected chi connectivity index (χ2v) is 7.41. The molecule has 0 bridgehead atoms. The number of amides is 1. The maximum atomic E-state index is 12.6. The Hall–Kier alpha value is -2.00. The number of thioether (sulfide) groups is 1. The second-order valence-electron chi connectivity index (χ2n) is 6.43. The minimum atomic E-state index is -0.414. The fourth-order valence-corrected chi connectivity index (χ4v) is 4.62. The molecule has 3 N–H and O–H groups in total. The van der Waals surface area contributed by atoms with Crippen molar-refractivity contribution in [1.82, 2.24) is 5.32 Å². The molecular formula is C18H21N3O2S. The van der Waals surface area contributed by atoms with Crippen LogP contribution < -0.4 is 11.1 Å². The summed E-state index contributed by atoms with van der Waals surface area (Å²) in [5.41, 5.74) is 7.60. The van der Waals surface area contributed by atoms with E-state index in [9.17, 15) is 14.9 Å². The lowest BCUT2D eigenvalue weighted by Crippen LogP contribution is -2.36. The SMILES string of the molecule is N#CC1=C(SCC(N)=O)NC2=C(C(=O)CCC2)C1C1CC=CCC1. The van der Waals surface area contributed by atoms with E-state index in [1.165, 1.54) is 11.8 Å². The highest BCUT2D eigenvalue weighted by molar-refractivity contribution is 8.03. The summed E-state index contributed by atoms with van der Waals surface area (Å²) in [4.78, 5) is 23.7. The molecule has 0 saturated heterocycles. The molecule has 2 atom stereocenters. The summed E-state index contributed by atoms with van der Waals surface area (Å²) in [7, 11) is 0. The smallest absolute Gasteiger partial charge is 0.227 e. The fraction of sp³-hybridized carbons (Fsp3) is 0.500. The molecule has 24 heavy (non-hydrogen) atoms. The Labute approximate surface area is 146 Å². The maximum absolute atomic E-state index is 12.6. The molecule has 6 heteroatoms. The van der Waals surface area contributed by atoms with Crippen LogP contribution >= 0.6 is 11.8 Å². The number of hydrogen-bond donors (Lipinski definition) is 2. The van der Waals surface area contributed by atoms with Crippen molar-refractivity contribution in [2.24, 2.45) is 17.6 Å². The monoisotopic (exact) mass is 343 g/mol. The normalized spacial score (nSPS) is 26.7. The molecule has 0 aromatic heterocycles. The van der Waals surface area contributed by atoms with Crippen molar-refractivity contribution in [1.29, 1.82) is 5.26 Å². The molecule has 3 aliphatic rings. The van der Waals surface area contributed by atoms with Gasteiger partial charge in [0.15, 0.2) is 5.78 Å². The zero-order valence-corrected chi connectivity index (χ0v) is 14.3. The molecular weight excluding hydrogens is 322 g/mol. The van der Waals surface area contributed by atoms with E-state index in [-0.39, 0.29) is 23.4 Å². The lowest BCUT2D eigenvalue weighted by atomic mass is 9.70. The summed E-state index contributed by atoms with van der Waals surface area (Å²) >= 11 is 1.27. The molecule has 5 nitrogen and oxygen atoms in total. The van der Waals surface area contributed by atoms with E-state index in [2.05, 4.69) is 23.5 Å². The quantitative estimate of drug-likeness (QED) is 0.765. The van der Waals surface area contributed by atoms with E-state index in [1.54, 1.807) is 0 Å². The van der Waals surface area contributed by atoms with Gasteiger partial charge in [-0.3, -0.25) is 9.59 Å². The summed E-state index contributed by atoms with van der Waals surface area (Å²) in [5.74, 6) is -0.0120. The van der Waals surface area contributed by atoms with Crippen LogP contribution in [0.5, 0.6) is 0 Å². The summed E-state index contributed by atoms with van der Waals surface area (Å²) in [6, 6.07) is 2.31. The average molecular weight is 343 g/mol. The molecule has 0 fully saturated rings. The van der Waals surface area contributed by atoms with Crippen molar-refractivity contribution < 1.29 is 9.59 Å². The molecule has 1 aliphatic heterocycles. The minimum absolute atomic E-state index is 0.126. The number of dihydropyridines is 1. The Morgan fingerprint density at radius 3 is 2.92 bits per heavy atom. The number of nitrogens with one attached hydrogen (secondary N) is 1. The van der Waals surface area contributed by atoms with Crippen molar-refractivity contribution in [2.45, 2.75) is 38.5 Å². The van der Waals surface area contributed by atoms with Gasteiger partial charge < -0.3 is 11.1 Å². The third-order valence-corrected chi connectivity index (χ3v) is 5.89. The van der Waals surface area contributed by atoms with Gasteiger partial charge in [-0.1, -0.05) is 23.9 Å². The van der Waals surface area contributed by atoms with Gasteiger partial charge in [-0.2, -0.15) is 5.26 Å². The number of rotatable bonds is 4. The minimum Gasteiger partial charge on any atom is -0.369 e. The number of nitrogens with zero attached hydrogens (tertiary/aromatic N) is 1. The van der Waals surface area contributed by atoms with Gasteiger partial charge in [-0.25, -0.2) is 0 Å². The Balaban J connectivity index is 2.01. The summed E-state index contributed by atoms with van der Waals surface area (Å²) in [5, 5.41) is 13.7. The molecule has 0 aromatic rings. The number of ketones is 1. The van der Waals surface area contributed by atoms with Gasteiger partial charge >= 0.3 is 0 Å². The van der Waals surface area contributed by atoms with Crippen LogP contribution in [0, 0.1) is 23.2 Å². The molecule has 3 rings (SSSR count). The largest absolute Gasteiger partial charge is 0.369 e. The van der Waals surface area contributed by atoms with Crippen molar-refractivity contribution in [3.8, 4) is 6.07 Å². The number of hydrogen-bond acceptors (Lipinski definition) is 5. The first-order valence-electron chi connectivity index (χ1n) is 8.35. The third-order valence-electron chi connectivity index (χ3n) is 4.85. The van der Waals surface area contributed by atoms with Gasteiger partial charge in [-0.05, 0) is 38.0 Å². The molecule has 2 aliphatic carbocycles. The van der Waals surface area contributed by atoms with Gasteiger partial charge in [0, 0.05) is 23.6 Å². The van der Waals surface area contributed by atoms with Crippen LogP contribution in [0.25, 0.3) is 0 Å². The lowest BCUT2D eigenvalue weighted by molar-refractivity contribution is -0.117. The molecule has 0 radical (unpaired) electrons. The third kappa shape index (κ3) is 3.27. The molecule has 126 valence electrons. The van der Waals surface area contributed by atoms with E-state index in [0.29, 0.717) is 17.0 Å². The first kappa shape index (κ1) is 16.8. The Morgan fingerprint density at radius 2 is 2.25 bits per heavy atom. The predicted molar refractivity (Wildman–Crippen MR) is 93.3 cm³/mol. The molecule has 0 saturated carbocycles. The average Bonchev–Trinajstić information content (AvgIpc) is 2.59. The van der Waals surface area contributed by atoms with Gasteiger partial charge in [0.2, 0.25) is 5.91 Å². The molecule has 1 amide bonds. The van der Waals surface area contributed by atoms with Gasteiger partial charge in [0.1, 0.15) is 0 Å². The van der Waals surface area contributed by atoms with Crippen LogP contribution in [0.4, 0.5) is 0 Å². The highest BCUT2D eigenvalue weighted by Crippen LogP contribution is 2.45. The van der Waals surface area contributed by atoms with E-state index >= 15 is 0 Å². The van der Waals surface area contributed by atoms with Crippen LogP contribution in [0.2, 0.25) is 0 Å². The highest BCUT2D eigenvalue weighted by Gasteiger charge is 2.40. The molecule has 0 aromatic carbocycles. The zero-order valence-electron chi connectivity index (χ0n) is 13.5. The first-order chi connectivity index (χ1) is 11.6. The van der Waals surface area contributed by atoms with Crippen molar-refractivity contribution in [3.63, 3.8) is 0 Å². The standard InChI is InChI=1S/C18H21N3O2S/c19-9-12-16(11-5-2-1-3-6-11)17-13(7-4-8-14(17)22)21-18(12)24-10-15(20)23/h1-2,11,16,21H,3-8,10H2,(H2,20,23). The Kier molecular flexibility index (Phi) is 5.10. The van der Waals surface area contributed by atoms with Gasteiger partial charge in [0.05, 0.1) is 22.4 Å². The van der Waals surface area contributed by atoms with Gasteiger partial charge in [0.25, 0.3) is 0 Å². The number of carbonyl (C=O) groups is 2. The molecule has 2 unspecified atom stereocenters. The van der Waals surface area contributed by atoms with E-state index in [4.69, 9.17) is 5.73 Å². The first-order valence-corrected chi connectivity index (χ1v) is 9.34. The number of carbonyl (C=O) groups excluding carboxylic acids is 2. The maximum Gasteiger partial charge on any atom is 0.227 e. The summed E-state index contributed by atoms with van der Waals surface area (Å²) in [6.07, 6.45) is 9.36. The highest BCUT2D eigenvalue weighted by atomic mass is 32.2. The summed E-state index contributed by atoms with van der Waals surface area (Å²) in [6.45, 7) is 0. The van der Waals surface area contributed by atoms with Crippen LogP contribution in [-0.2, 0) is 9.59 Å². The fourth-order valence-electron chi connectivity index (χ4n) is 3.81. The summed E-state index contributed by atoms with van der Waals surface area (Å²) < 4.78 is 0. The second kappa shape index (κ2) is 7.27. The zero-order chi connectivity index (χ0) is 17.1. The van der Waals surface area contributed by atoms with Crippen molar-refractivity contribution in [3.05, 3.63) is 34.0 Å². The van der Waals surface area contributed by atoms with E-state index in [0.717, 1.165) is 43.4 Å². The number of nitriles is 1. The lowest BCUT2D eigenvalue weighted by Gasteiger charge is -2.37. The van der Waals surface area contributed by atoms with E-state index < -0.39 is 5.91 Å². The van der Waals surface area contributed by atoms with Crippen LogP contribution in [0.15, 0.2) is 34.0 Å².